The summed E-state index contributed by atoms with van der Waals surface area (Å²) in [5, 5.41) is 7.70. The summed E-state index contributed by atoms with van der Waals surface area (Å²) < 4.78 is 1.52. The summed E-state index contributed by atoms with van der Waals surface area (Å²) in [6.07, 6.45) is 2.60. The fourth-order valence-electron chi connectivity index (χ4n) is 1.33. The van der Waals surface area contributed by atoms with E-state index in [4.69, 9.17) is 5.73 Å². The number of amides is 1. The number of hydrogen-bond donors (Lipinski definition) is 1. The maximum atomic E-state index is 12.0. The lowest BCUT2D eigenvalue weighted by Crippen LogP contribution is -2.45. The van der Waals surface area contributed by atoms with E-state index in [0.29, 0.717) is 12.2 Å². The summed E-state index contributed by atoms with van der Waals surface area (Å²) in [6, 6.07) is 0. The van der Waals surface area contributed by atoms with Gasteiger partial charge in [-0.25, -0.2) is 4.68 Å². The Morgan fingerprint density at radius 2 is 2.24 bits per heavy atom. The summed E-state index contributed by atoms with van der Waals surface area (Å²) >= 11 is 0. The van der Waals surface area contributed by atoms with Crippen LogP contribution in [0.2, 0.25) is 0 Å². The first-order chi connectivity index (χ1) is 7.90. The average Bonchev–Trinajstić information content (AvgIpc) is 2.75. The molecule has 0 aliphatic rings. The van der Waals surface area contributed by atoms with Crippen molar-refractivity contribution < 1.29 is 4.79 Å². The van der Waals surface area contributed by atoms with Gasteiger partial charge < -0.3 is 10.6 Å². The third-order valence-electron chi connectivity index (χ3n) is 3.24. The van der Waals surface area contributed by atoms with Gasteiger partial charge in [0.2, 0.25) is 5.91 Å². The highest BCUT2D eigenvalue weighted by Crippen LogP contribution is 2.16. The number of hydrogen-bond acceptors (Lipinski definition) is 4. The van der Waals surface area contributed by atoms with Crippen LogP contribution in [0.1, 0.15) is 32.9 Å². The van der Waals surface area contributed by atoms with Crippen molar-refractivity contribution in [1.29, 1.82) is 0 Å². The van der Waals surface area contributed by atoms with Crippen LogP contribution in [-0.4, -0.2) is 38.4 Å². The highest BCUT2D eigenvalue weighted by atomic mass is 16.2. The van der Waals surface area contributed by atoms with Gasteiger partial charge in [0.25, 0.3) is 0 Å². The van der Waals surface area contributed by atoms with E-state index in [1.807, 2.05) is 20.9 Å². The first-order valence-corrected chi connectivity index (χ1v) is 5.76. The topological polar surface area (TPSA) is 77.0 Å². The van der Waals surface area contributed by atoms with Crippen molar-refractivity contribution in [3.05, 3.63) is 11.9 Å². The molecule has 0 bridgehead atoms. The Labute approximate surface area is 102 Å². The zero-order valence-corrected chi connectivity index (χ0v) is 11.0. The Hall–Kier alpha value is -1.43. The van der Waals surface area contributed by atoms with Crippen LogP contribution in [0.15, 0.2) is 6.20 Å². The number of carbonyl (C=O) groups is 1. The minimum atomic E-state index is -0.144. The lowest BCUT2D eigenvalue weighted by atomic mass is 10.00. The third-order valence-corrected chi connectivity index (χ3v) is 3.24. The number of carbonyl (C=O) groups excluding carboxylic acids is 1. The number of likely N-dealkylation sites (N-methyl/N-ethyl adjacent to an activating group) is 1. The molecule has 1 aromatic heterocycles. The molecule has 6 heteroatoms. The van der Waals surface area contributed by atoms with E-state index in [1.54, 1.807) is 11.1 Å². The standard InChI is InChI=1S/C11H21N5O/c1-5-11(2,3)15(4)10(17)8-16-7-9(6-12)13-14-16/h7H,5-6,8,12H2,1-4H3. The highest BCUT2D eigenvalue weighted by molar-refractivity contribution is 5.76. The quantitative estimate of drug-likeness (QED) is 0.806. The molecule has 6 nitrogen and oxygen atoms in total. The van der Waals surface area contributed by atoms with E-state index in [0.717, 1.165) is 6.42 Å². The maximum absolute atomic E-state index is 12.0. The summed E-state index contributed by atoms with van der Waals surface area (Å²) in [5.41, 5.74) is 5.98. The van der Waals surface area contributed by atoms with Gasteiger partial charge in [-0.15, -0.1) is 5.10 Å². The van der Waals surface area contributed by atoms with Crippen molar-refractivity contribution in [2.45, 2.75) is 45.8 Å². The Balaban J connectivity index is 2.66. The molecule has 0 atom stereocenters. The molecule has 17 heavy (non-hydrogen) atoms. The first-order valence-electron chi connectivity index (χ1n) is 5.76. The normalized spacial score (nSPS) is 11.6. The highest BCUT2D eigenvalue weighted by Gasteiger charge is 2.25. The molecule has 0 spiro atoms. The molecule has 1 heterocycles. The Kier molecular flexibility index (Phi) is 4.22. The van der Waals surface area contributed by atoms with Crippen molar-refractivity contribution in [2.75, 3.05) is 7.05 Å². The van der Waals surface area contributed by atoms with E-state index in [2.05, 4.69) is 17.2 Å². The van der Waals surface area contributed by atoms with Crippen LogP contribution < -0.4 is 5.73 Å². The molecule has 0 fully saturated rings. The fraction of sp³-hybridized carbons (Fsp3) is 0.727. The van der Waals surface area contributed by atoms with Gasteiger partial charge >= 0.3 is 0 Å². The van der Waals surface area contributed by atoms with Gasteiger partial charge in [0, 0.05) is 19.1 Å². The molecule has 0 aliphatic carbocycles. The van der Waals surface area contributed by atoms with Gasteiger partial charge in [-0.2, -0.15) is 0 Å². The van der Waals surface area contributed by atoms with Crippen molar-refractivity contribution in [3.8, 4) is 0 Å². The van der Waals surface area contributed by atoms with Crippen LogP contribution in [0.5, 0.6) is 0 Å². The van der Waals surface area contributed by atoms with Gasteiger partial charge in [0.05, 0.1) is 11.9 Å². The van der Waals surface area contributed by atoms with Crippen molar-refractivity contribution in [2.24, 2.45) is 5.73 Å². The van der Waals surface area contributed by atoms with Crippen LogP contribution in [0, 0.1) is 0 Å². The van der Waals surface area contributed by atoms with Gasteiger partial charge in [0.1, 0.15) is 6.54 Å². The number of aromatic nitrogens is 3. The molecule has 0 saturated heterocycles. The Morgan fingerprint density at radius 3 is 2.71 bits per heavy atom. The third kappa shape index (κ3) is 3.26. The summed E-state index contributed by atoms with van der Waals surface area (Å²) in [5.74, 6) is 0.0188. The second-order valence-electron chi connectivity index (χ2n) is 4.73. The summed E-state index contributed by atoms with van der Waals surface area (Å²) in [4.78, 5) is 13.8. The summed E-state index contributed by atoms with van der Waals surface area (Å²) in [6.45, 7) is 6.68. The Morgan fingerprint density at radius 1 is 1.59 bits per heavy atom. The van der Waals surface area contributed by atoms with Gasteiger partial charge in [-0.3, -0.25) is 4.79 Å². The molecule has 1 aromatic rings. The largest absolute Gasteiger partial charge is 0.339 e. The molecule has 96 valence electrons. The predicted octanol–water partition coefficient (Wildman–Crippen LogP) is 0.384. The minimum absolute atomic E-state index is 0.0188. The van der Waals surface area contributed by atoms with Crippen LogP contribution in [0.4, 0.5) is 0 Å². The van der Waals surface area contributed by atoms with Crippen molar-refractivity contribution in [3.63, 3.8) is 0 Å². The average molecular weight is 239 g/mol. The van der Waals surface area contributed by atoms with E-state index in [9.17, 15) is 4.79 Å². The molecule has 0 aliphatic heterocycles. The number of nitrogens with two attached hydrogens (primary N) is 1. The predicted molar refractivity (Wildman–Crippen MR) is 65.1 cm³/mol. The van der Waals surface area contributed by atoms with Crippen molar-refractivity contribution >= 4 is 5.91 Å². The van der Waals surface area contributed by atoms with Gasteiger partial charge in [-0.1, -0.05) is 12.1 Å². The lowest BCUT2D eigenvalue weighted by Gasteiger charge is -2.34. The maximum Gasteiger partial charge on any atom is 0.244 e. The van der Waals surface area contributed by atoms with Crippen LogP contribution in [0.25, 0.3) is 0 Å². The van der Waals surface area contributed by atoms with E-state index in [1.165, 1.54) is 4.68 Å². The number of nitrogens with zero attached hydrogens (tertiary/aromatic N) is 4. The zero-order chi connectivity index (χ0) is 13.1. The smallest absolute Gasteiger partial charge is 0.244 e. The molecular weight excluding hydrogens is 218 g/mol. The molecule has 0 unspecified atom stereocenters. The van der Waals surface area contributed by atoms with Crippen molar-refractivity contribution in [1.82, 2.24) is 19.9 Å². The SMILES string of the molecule is CCC(C)(C)N(C)C(=O)Cn1cc(CN)nn1. The molecule has 0 radical (unpaired) electrons. The zero-order valence-electron chi connectivity index (χ0n) is 11.0. The fourth-order valence-corrected chi connectivity index (χ4v) is 1.33. The van der Waals surface area contributed by atoms with Crippen LogP contribution in [0.3, 0.4) is 0 Å². The van der Waals surface area contributed by atoms with E-state index >= 15 is 0 Å². The Bertz CT molecular complexity index is 385. The monoisotopic (exact) mass is 239 g/mol. The van der Waals surface area contributed by atoms with E-state index in [-0.39, 0.29) is 18.0 Å². The molecule has 1 rings (SSSR count). The first kappa shape index (κ1) is 13.6. The molecule has 0 saturated carbocycles. The molecular formula is C11H21N5O. The lowest BCUT2D eigenvalue weighted by molar-refractivity contribution is -0.135. The minimum Gasteiger partial charge on any atom is -0.339 e. The van der Waals surface area contributed by atoms with Crippen LogP contribution in [-0.2, 0) is 17.9 Å². The second-order valence-corrected chi connectivity index (χ2v) is 4.73. The summed E-state index contributed by atoms with van der Waals surface area (Å²) in [7, 11) is 1.81. The molecule has 1 amide bonds. The molecule has 0 aromatic carbocycles. The van der Waals surface area contributed by atoms with E-state index < -0.39 is 0 Å². The van der Waals surface area contributed by atoms with Gasteiger partial charge in [-0.05, 0) is 20.3 Å². The molecule has 2 N–H and O–H groups in total. The van der Waals surface area contributed by atoms with Gasteiger partial charge in [0.15, 0.2) is 0 Å². The van der Waals surface area contributed by atoms with Crippen LogP contribution >= 0.6 is 0 Å². The second kappa shape index (κ2) is 5.27. The number of rotatable bonds is 5.